The maximum absolute atomic E-state index is 11.3. The van der Waals surface area contributed by atoms with Crippen molar-refractivity contribution in [3.05, 3.63) is 41.7 Å². The number of ketones is 1. The van der Waals surface area contributed by atoms with Crippen LogP contribution < -0.4 is 0 Å². The zero-order valence-electron chi connectivity index (χ0n) is 10.0. The minimum atomic E-state index is -0.360. The van der Waals surface area contributed by atoms with Gasteiger partial charge in [-0.3, -0.25) is 4.79 Å². The molecule has 0 aliphatic rings. The molecule has 6 heteroatoms. The largest absolute Gasteiger partial charge is 0.410 e. The molecule has 0 bridgehead atoms. The van der Waals surface area contributed by atoms with Crippen molar-refractivity contribution in [2.75, 3.05) is 0 Å². The summed E-state index contributed by atoms with van der Waals surface area (Å²) in [6.45, 7) is 3.02. The van der Waals surface area contributed by atoms with Crippen molar-refractivity contribution in [3.8, 4) is 5.69 Å². The van der Waals surface area contributed by atoms with Crippen LogP contribution in [0, 0.1) is 6.92 Å². The number of Topliss-reactive ketones (excluding diaryl/α,β-unsaturated/α-hetero) is 1. The van der Waals surface area contributed by atoms with E-state index in [1.807, 2.05) is 30.3 Å². The number of para-hydroxylation sites is 1. The highest BCUT2D eigenvalue weighted by Gasteiger charge is 2.18. The smallest absolute Gasteiger partial charge is 0.183 e. The summed E-state index contributed by atoms with van der Waals surface area (Å²) in [6.07, 6.45) is 0. The molecule has 2 rings (SSSR count). The number of aromatic nitrogens is 3. The minimum Gasteiger partial charge on any atom is -0.410 e. The Balaban J connectivity index is 2.48. The molecular formula is C12H12N4O2. The summed E-state index contributed by atoms with van der Waals surface area (Å²) >= 11 is 0. The van der Waals surface area contributed by atoms with Gasteiger partial charge in [0.1, 0.15) is 5.69 Å². The van der Waals surface area contributed by atoms with E-state index in [9.17, 15) is 4.79 Å². The Morgan fingerprint density at radius 2 is 1.94 bits per heavy atom. The van der Waals surface area contributed by atoms with E-state index in [4.69, 9.17) is 5.21 Å². The van der Waals surface area contributed by atoms with E-state index in [-0.39, 0.29) is 17.2 Å². The average molecular weight is 244 g/mol. The third kappa shape index (κ3) is 2.13. The van der Waals surface area contributed by atoms with Crippen LogP contribution in [-0.2, 0) is 4.79 Å². The highest BCUT2D eigenvalue weighted by atomic mass is 16.4. The lowest BCUT2D eigenvalue weighted by Crippen LogP contribution is -2.14. The zero-order chi connectivity index (χ0) is 13.1. The Morgan fingerprint density at radius 3 is 2.50 bits per heavy atom. The van der Waals surface area contributed by atoms with Gasteiger partial charge in [-0.25, -0.2) is 0 Å². The molecule has 92 valence electrons. The van der Waals surface area contributed by atoms with Crippen molar-refractivity contribution in [2.24, 2.45) is 5.16 Å². The zero-order valence-corrected chi connectivity index (χ0v) is 10.0. The van der Waals surface area contributed by atoms with Crippen molar-refractivity contribution < 1.29 is 10.0 Å². The molecule has 2 aromatic rings. The quantitative estimate of drug-likeness (QED) is 0.502. The lowest BCUT2D eigenvalue weighted by Gasteiger charge is -1.97. The van der Waals surface area contributed by atoms with Crippen LogP contribution in [0.3, 0.4) is 0 Å². The van der Waals surface area contributed by atoms with Gasteiger partial charge in [0.05, 0.1) is 11.4 Å². The minimum absolute atomic E-state index is 0.0883. The Labute approximate surface area is 104 Å². The number of aryl methyl sites for hydroxylation is 1. The summed E-state index contributed by atoms with van der Waals surface area (Å²) in [6, 6.07) is 9.29. The van der Waals surface area contributed by atoms with Gasteiger partial charge >= 0.3 is 0 Å². The SMILES string of the molecule is CC(=O)/C(=N\O)c1nn(-c2ccccc2)nc1C. The topological polar surface area (TPSA) is 80.4 Å². The van der Waals surface area contributed by atoms with Crippen LogP contribution in [0.5, 0.6) is 0 Å². The van der Waals surface area contributed by atoms with Crippen LogP contribution in [0.1, 0.15) is 18.3 Å². The fourth-order valence-electron chi connectivity index (χ4n) is 1.56. The average Bonchev–Trinajstić information content (AvgIpc) is 2.73. The summed E-state index contributed by atoms with van der Waals surface area (Å²) < 4.78 is 0. The summed E-state index contributed by atoms with van der Waals surface area (Å²) in [4.78, 5) is 12.7. The molecule has 0 fully saturated rings. The summed E-state index contributed by atoms with van der Waals surface area (Å²) in [5, 5.41) is 20.2. The van der Waals surface area contributed by atoms with E-state index in [0.717, 1.165) is 5.69 Å². The maximum Gasteiger partial charge on any atom is 0.183 e. The van der Waals surface area contributed by atoms with Crippen molar-refractivity contribution in [1.29, 1.82) is 0 Å². The predicted octanol–water partition coefficient (Wildman–Crippen LogP) is 1.34. The monoisotopic (exact) mass is 244 g/mol. The molecule has 0 atom stereocenters. The third-order valence-corrected chi connectivity index (χ3v) is 2.43. The second-order valence-electron chi connectivity index (χ2n) is 3.76. The molecule has 1 aromatic heterocycles. The van der Waals surface area contributed by atoms with E-state index in [1.54, 1.807) is 6.92 Å². The molecule has 1 N–H and O–H groups in total. The van der Waals surface area contributed by atoms with E-state index in [0.29, 0.717) is 5.69 Å². The first-order valence-corrected chi connectivity index (χ1v) is 5.36. The number of rotatable bonds is 3. The lowest BCUT2D eigenvalue weighted by molar-refractivity contribution is -0.111. The van der Waals surface area contributed by atoms with Gasteiger partial charge in [0.25, 0.3) is 0 Å². The second kappa shape index (κ2) is 4.79. The van der Waals surface area contributed by atoms with Crippen molar-refractivity contribution in [1.82, 2.24) is 15.0 Å². The van der Waals surface area contributed by atoms with Crippen LogP contribution in [-0.4, -0.2) is 31.7 Å². The van der Waals surface area contributed by atoms with Crippen molar-refractivity contribution in [3.63, 3.8) is 0 Å². The molecular weight excluding hydrogens is 232 g/mol. The molecule has 0 spiro atoms. The van der Waals surface area contributed by atoms with Gasteiger partial charge in [0.15, 0.2) is 11.5 Å². The number of carbonyl (C=O) groups excluding carboxylic acids is 1. The second-order valence-corrected chi connectivity index (χ2v) is 3.76. The fraction of sp³-hybridized carbons (Fsp3) is 0.167. The Morgan fingerprint density at radius 1 is 1.28 bits per heavy atom. The van der Waals surface area contributed by atoms with Crippen molar-refractivity contribution in [2.45, 2.75) is 13.8 Å². The van der Waals surface area contributed by atoms with E-state index in [1.165, 1.54) is 11.7 Å². The molecule has 6 nitrogen and oxygen atoms in total. The van der Waals surface area contributed by atoms with Crippen LogP contribution in [0.15, 0.2) is 35.5 Å². The molecule has 1 aromatic carbocycles. The Bertz CT molecular complexity index is 602. The highest BCUT2D eigenvalue weighted by molar-refractivity contribution is 6.44. The first-order chi connectivity index (χ1) is 8.63. The number of carbonyl (C=O) groups is 1. The molecule has 18 heavy (non-hydrogen) atoms. The predicted molar refractivity (Wildman–Crippen MR) is 65.1 cm³/mol. The van der Waals surface area contributed by atoms with Crippen molar-refractivity contribution >= 4 is 11.5 Å². The van der Waals surface area contributed by atoms with E-state index >= 15 is 0 Å². The van der Waals surface area contributed by atoms with Gasteiger partial charge in [-0.15, -0.1) is 5.10 Å². The summed E-state index contributed by atoms with van der Waals surface area (Å²) in [5.41, 5.74) is 1.50. The van der Waals surface area contributed by atoms with Crippen LogP contribution >= 0.6 is 0 Å². The van der Waals surface area contributed by atoms with Crippen LogP contribution in [0.4, 0.5) is 0 Å². The fourth-order valence-corrected chi connectivity index (χ4v) is 1.56. The van der Waals surface area contributed by atoms with Crippen LogP contribution in [0.25, 0.3) is 5.69 Å². The maximum atomic E-state index is 11.3. The Hall–Kier alpha value is -2.50. The van der Waals surface area contributed by atoms with Gasteiger partial charge < -0.3 is 5.21 Å². The van der Waals surface area contributed by atoms with Crippen LogP contribution in [0.2, 0.25) is 0 Å². The molecule has 0 radical (unpaired) electrons. The van der Waals surface area contributed by atoms with Gasteiger partial charge in [0, 0.05) is 6.92 Å². The molecule has 1 heterocycles. The Kier molecular flexibility index (Phi) is 3.18. The summed E-state index contributed by atoms with van der Waals surface area (Å²) in [5.74, 6) is -0.360. The number of hydrogen-bond acceptors (Lipinski definition) is 5. The molecule has 0 aliphatic carbocycles. The molecule has 0 saturated heterocycles. The molecule has 0 saturated carbocycles. The van der Waals surface area contributed by atoms with E-state index < -0.39 is 0 Å². The van der Waals surface area contributed by atoms with Gasteiger partial charge in [-0.1, -0.05) is 23.4 Å². The van der Waals surface area contributed by atoms with Gasteiger partial charge in [-0.05, 0) is 19.1 Å². The normalized spacial score (nSPS) is 11.6. The summed E-state index contributed by atoms with van der Waals surface area (Å²) in [7, 11) is 0. The van der Waals surface area contributed by atoms with Gasteiger partial charge in [-0.2, -0.15) is 9.90 Å². The molecule has 0 amide bonds. The molecule has 0 unspecified atom stereocenters. The standard InChI is InChI=1S/C12H12N4O2/c1-8-11(12(15-18)9(2)17)14-16(13-8)10-6-4-3-5-7-10/h3-7,18H,1-2H3/b15-12+. The van der Waals surface area contributed by atoms with E-state index in [2.05, 4.69) is 15.4 Å². The first kappa shape index (κ1) is 12.0. The first-order valence-electron chi connectivity index (χ1n) is 5.36. The number of nitrogens with zero attached hydrogens (tertiary/aromatic N) is 4. The lowest BCUT2D eigenvalue weighted by atomic mass is 10.2. The highest BCUT2D eigenvalue weighted by Crippen LogP contribution is 2.09. The number of hydrogen-bond donors (Lipinski definition) is 1. The molecule has 0 aliphatic heterocycles. The third-order valence-electron chi connectivity index (χ3n) is 2.43. The number of benzene rings is 1. The number of oxime groups is 1. The van der Waals surface area contributed by atoms with Gasteiger partial charge in [0.2, 0.25) is 0 Å².